The second-order valence-corrected chi connectivity index (χ2v) is 10.6. The Kier molecular flexibility index (Phi) is 10.3. The first-order chi connectivity index (χ1) is 15.5. The summed E-state index contributed by atoms with van der Waals surface area (Å²) in [5.74, 6) is -1.62. The SMILES string of the molecule is CCOC(=O)[C@H](CNS(C)(=O)=O)C[C@H](CB(C)O)Cc1ccc(-c2cc(Cl)ccc2F)cc1. The smallest absolute Gasteiger partial charge is 0.310 e. The summed E-state index contributed by atoms with van der Waals surface area (Å²) in [6.45, 7) is 2.89. The molecule has 0 radical (unpaired) electrons. The number of rotatable bonds is 12. The number of carbonyl (C=O) groups is 1. The number of nitrogens with one attached hydrogen (secondary N) is 1. The summed E-state index contributed by atoms with van der Waals surface area (Å²) >= 11 is 5.99. The van der Waals surface area contributed by atoms with Gasteiger partial charge in [0.15, 0.2) is 0 Å². The van der Waals surface area contributed by atoms with Gasteiger partial charge in [0.05, 0.1) is 18.8 Å². The van der Waals surface area contributed by atoms with E-state index in [0.717, 1.165) is 11.8 Å². The molecule has 6 nitrogen and oxygen atoms in total. The normalized spacial score (nSPS) is 13.4. The van der Waals surface area contributed by atoms with Crippen LogP contribution in [-0.4, -0.2) is 45.7 Å². The van der Waals surface area contributed by atoms with Crippen molar-refractivity contribution >= 4 is 34.5 Å². The fourth-order valence-corrected chi connectivity index (χ4v) is 4.47. The van der Waals surface area contributed by atoms with Crippen LogP contribution in [0.15, 0.2) is 42.5 Å². The molecule has 0 amide bonds. The van der Waals surface area contributed by atoms with Crippen LogP contribution in [0, 0.1) is 17.7 Å². The Hall–Kier alpha value is -1.94. The van der Waals surface area contributed by atoms with E-state index in [1.807, 2.05) is 12.1 Å². The molecule has 0 bridgehead atoms. The maximum absolute atomic E-state index is 14.2. The van der Waals surface area contributed by atoms with Crippen molar-refractivity contribution in [3.63, 3.8) is 0 Å². The molecule has 2 aromatic rings. The van der Waals surface area contributed by atoms with Crippen LogP contribution in [0.2, 0.25) is 18.2 Å². The van der Waals surface area contributed by atoms with Crippen LogP contribution in [0.4, 0.5) is 4.39 Å². The van der Waals surface area contributed by atoms with Gasteiger partial charge < -0.3 is 9.76 Å². The van der Waals surface area contributed by atoms with Crippen molar-refractivity contribution in [3.05, 3.63) is 58.9 Å². The molecule has 0 spiro atoms. The number of carbonyl (C=O) groups excluding carboxylic acids is 1. The van der Waals surface area contributed by atoms with Gasteiger partial charge >= 0.3 is 5.97 Å². The van der Waals surface area contributed by atoms with Gasteiger partial charge in [-0.05, 0) is 61.3 Å². The molecule has 2 aromatic carbocycles. The molecule has 10 heteroatoms. The zero-order valence-corrected chi connectivity index (χ0v) is 20.6. The molecule has 2 rings (SSSR count). The molecule has 0 heterocycles. The first kappa shape index (κ1) is 27.3. The molecule has 0 saturated carbocycles. The minimum atomic E-state index is -3.47. The average molecular weight is 498 g/mol. The Morgan fingerprint density at radius 3 is 2.48 bits per heavy atom. The van der Waals surface area contributed by atoms with E-state index in [4.69, 9.17) is 16.3 Å². The highest BCUT2D eigenvalue weighted by atomic mass is 35.5. The van der Waals surface area contributed by atoms with Gasteiger partial charge in [-0.3, -0.25) is 4.79 Å². The first-order valence-electron chi connectivity index (χ1n) is 10.8. The van der Waals surface area contributed by atoms with Gasteiger partial charge in [0.2, 0.25) is 10.0 Å². The molecule has 0 aliphatic carbocycles. The fraction of sp³-hybridized carbons (Fsp3) is 0.435. The summed E-state index contributed by atoms with van der Waals surface area (Å²) < 4.78 is 44.7. The second kappa shape index (κ2) is 12.5. The lowest BCUT2D eigenvalue weighted by atomic mass is 9.62. The minimum Gasteiger partial charge on any atom is -0.466 e. The van der Waals surface area contributed by atoms with Crippen LogP contribution >= 0.6 is 11.6 Å². The predicted octanol–water partition coefficient (Wildman–Crippen LogP) is 4.04. The minimum absolute atomic E-state index is 0.0685. The number of ether oxygens (including phenoxy) is 1. The topological polar surface area (TPSA) is 92.7 Å². The van der Waals surface area contributed by atoms with Gasteiger partial charge in [-0.25, -0.2) is 17.5 Å². The Bertz CT molecular complexity index is 1030. The van der Waals surface area contributed by atoms with E-state index in [9.17, 15) is 22.6 Å². The van der Waals surface area contributed by atoms with E-state index in [1.165, 1.54) is 12.1 Å². The van der Waals surface area contributed by atoms with Gasteiger partial charge in [-0.2, -0.15) is 0 Å². The molecule has 2 N–H and O–H groups in total. The number of hydrogen-bond acceptors (Lipinski definition) is 5. The highest BCUT2D eigenvalue weighted by Gasteiger charge is 2.27. The third-order valence-corrected chi connectivity index (χ3v) is 6.15. The van der Waals surface area contributed by atoms with Crippen LogP contribution < -0.4 is 4.72 Å². The summed E-state index contributed by atoms with van der Waals surface area (Å²) in [5, 5.41) is 10.4. The van der Waals surface area contributed by atoms with Gasteiger partial charge in [0, 0.05) is 17.1 Å². The molecule has 0 aliphatic rings. The van der Waals surface area contributed by atoms with Crippen LogP contribution in [0.25, 0.3) is 11.1 Å². The lowest BCUT2D eigenvalue weighted by Crippen LogP contribution is -2.35. The van der Waals surface area contributed by atoms with Crippen LogP contribution in [-0.2, 0) is 26.0 Å². The summed E-state index contributed by atoms with van der Waals surface area (Å²) in [6.07, 6.45) is 2.36. The van der Waals surface area contributed by atoms with Crippen LogP contribution in [0.1, 0.15) is 18.9 Å². The predicted molar refractivity (Wildman–Crippen MR) is 130 cm³/mol. The lowest BCUT2D eigenvalue weighted by Gasteiger charge is -2.23. The standard InChI is InChI=1S/C23H30BClFNO5S/c1-4-32-23(28)19(15-27-33(3,30)31)12-17(14-24(2)29)11-16-5-7-18(8-6-16)21-13-20(25)9-10-22(21)26/h5-10,13,17,19,27,29H,4,11-12,14-15H2,1-3H3/t17-,19+/m1/s1. The second-order valence-electron chi connectivity index (χ2n) is 8.28. The molecule has 2 atom stereocenters. The maximum atomic E-state index is 14.2. The number of sulfonamides is 1. The number of halogens is 2. The Labute approximate surface area is 200 Å². The van der Waals surface area contributed by atoms with Crippen molar-refractivity contribution in [3.8, 4) is 11.1 Å². The number of esters is 1. The van der Waals surface area contributed by atoms with Crippen LogP contribution in [0.5, 0.6) is 0 Å². The molecule has 0 aliphatic heterocycles. The summed E-state index contributed by atoms with van der Waals surface area (Å²) in [6, 6.07) is 11.7. The van der Waals surface area contributed by atoms with E-state index < -0.39 is 28.8 Å². The van der Waals surface area contributed by atoms with Crippen molar-refractivity contribution in [2.24, 2.45) is 11.8 Å². The van der Waals surface area contributed by atoms with E-state index in [1.54, 1.807) is 31.9 Å². The Morgan fingerprint density at radius 2 is 1.91 bits per heavy atom. The van der Waals surface area contributed by atoms with Crippen LogP contribution in [0.3, 0.4) is 0 Å². The molecule has 0 saturated heterocycles. The Balaban J connectivity index is 2.19. The summed E-state index contributed by atoms with van der Waals surface area (Å²) in [5.41, 5.74) is 2.04. The number of benzene rings is 2. The van der Waals surface area contributed by atoms with Gasteiger partial charge in [-0.15, -0.1) is 0 Å². The van der Waals surface area contributed by atoms with Crippen molar-refractivity contribution in [1.29, 1.82) is 0 Å². The third kappa shape index (κ3) is 9.45. The fourth-order valence-electron chi connectivity index (χ4n) is 3.80. The van der Waals surface area contributed by atoms with E-state index in [0.29, 0.717) is 35.3 Å². The summed E-state index contributed by atoms with van der Waals surface area (Å²) in [7, 11) is -3.47. The highest BCUT2D eigenvalue weighted by molar-refractivity contribution is 7.88. The molecular formula is C23H30BClFNO5S. The highest BCUT2D eigenvalue weighted by Crippen LogP contribution is 2.28. The van der Waals surface area contributed by atoms with Crippen molar-refractivity contribution in [2.75, 3.05) is 19.4 Å². The molecular weight excluding hydrogens is 468 g/mol. The zero-order valence-electron chi connectivity index (χ0n) is 19.1. The van der Waals surface area contributed by atoms with Crippen molar-refractivity contribution in [2.45, 2.75) is 32.9 Å². The zero-order chi connectivity index (χ0) is 24.6. The lowest BCUT2D eigenvalue weighted by molar-refractivity contribution is -0.148. The molecule has 0 fully saturated rings. The monoisotopic (exact) mass is 497 g/mol. The molecule has 0 unspecified atom stereocenters. The quantitative estimate of drug-likeness (QED) is 0.341. The number of hydrogen-bond donors (Lipinski definition) is 2. The van der Waals surface area contributed by atoms with Crippen molar-refractivity contribution < 1.29 is 27.4 Å². The van der Waals surface area contributed by atoms with E-state index >= 15 is 0 Å². The Morgan fingerprint density at radius 1 is 1.24 bits per heavy atom. The van der Waals surface area contributed by atoms with Gasteiger partial charge in [0.1, 0.15) is 5.82 Å². The first-order valence-corrected chi connectivity index (χ1v) is 13.1. The van der Waals surface area contributed by atoms with E-state index in [-0.39, 0.29) is 24.9 Å². The van der Waals surface area contributed by atoms with Crippen molar-refractivity contribution in [1.82, 2.24) is 4.72 Å². The van der Waals surface area contributed by atoms with Gasteiger partial charge in [0.25, 0.3) is 6.92 Å². The summed E-state index contributed by atoms with van der Waals surface area (Å²) in [4.78, 5) is 12.4. The average Bonchev–Trinajstić information content (AvgIpc) is 2.72. The van der Waals surface area contributed by atoms with Gasteiger partial charge in [-0.1, -0.05) is 42.7 Å². The molecule has 0 aromatic heterocycles. The largest absolute Gasteiger partial charge is 0.466 e. The third-order valence-electron chi connectivity index (χ3n) is 5.22. The molecule has 33 heavy (non-hydrogen) atoms. The maximum Gasteiger partial charge on any atom is 0.310 e. The molecule has 180 valence electrons. The van der Waals surface area contributed by atoms with E-state index in [2.05, 4.69) is 4.72 Å².